The van der Waals surface area contributed by atoms with E-state index in [9.17, 15) is 9.50 Å². The summed E-state index contributed by atoms with van der Waals surface area (Å²) in [6.07, 6.45) is 1.70. The zero-order valence-corrected chi connectivity index (χ0v) is 9.87. The summed E-state index contributed by atoms with van der Waals surface area (Å²) in [5.41, 5.74) is 0.193. The predicted octanol–water partition coefficient (Wildman–Crippen LogP) is 1.92. The van der Waals surface area contributed by atoms with E-state index in [-0.39, 0.29) is 11.7 Å². The van der Waals surface area contributed by atoms with E-state index in [1.54, 1.807) is 18.0 Å². The fourth-order valence-corrected chi connectivity index (χ4v) is 1.92. The van der Waals surface area contributed by atoms with Gasteiger partial charge in [-0.15, -0.1) is 0 Å². The third kappa shape index (κ3) is 2.02. The molecular formula is C12H17FN2O. The standard InChI is InChI=1S/C12H17FN2O/c1-8(2)9-4-10(13)11(14-5-9)15-6-12(3,16)7-15/h4-5,8,16H,6-7H2,1-3H3. The summed E-state index contributed by atoms with van der Waals surface area (Å²) in [6.45, 7) is 6.63. The number of β-amino-alcohol motifs (C(OH)–C–C–N with tert-alkyl or cyclic N) is 1. The van der Waals surface area contributed by atoms with Crippen molar-refractivity contribution >= 4 is 5.82 Å². The Kier molecular flexibility index (Phi) is 2.62. The van der Waals surface area contributed by atoms with Gasteiger partial charge >= 0.3 is 0 Å². The SMILES string of the molecule is CC(C)c1cnc(N2CC(C)(O)C2)c(F)c1. The molecule has 3 nitrogen and oxygen atoms in total. The number of hydrogen-bond donors (Lipinski definition) is 1. The van der Waals surface area contributed by atoms with Crippen LogP contribution in [0.4, 0.5) is 10.2 Å². The molecule has 0 aliphatic carbocycles. The lowest BCUT2D eigenvalue weighted by atomic mass is 9.97. The van der Waals surface area contributed by atoms with Gasteiger partial charge in [-0.25, -0.2) is 9.37 Å². The number of aromatic nitrogens is 1. The molecule has 88 valence electrons. The van der Waals surface area contributed by atoms with Crippen molar-refractivity contribution in [2.45, 2.75) is 32.3 Å². The Labute approximate surface area is 94.9 Å². The van der Waals surface area contributed by atoms with Crippen LogP contribution < -0.4 is 4.90 Å². The molecule has 1 aliphatic rings. The lowest BCUT2D eigenvalue weighted by Crippen LogP contribution is -2.60. The minimum atomic E-state index is -0.704. The van der Waals surface area contributed by atoms with E-state index in [4.69, 9.17) is 0 Å². The number of nitrogens with zero attached hydrogens (tertiary/aromatic N) is 2. The predicted molar refractivity (Wildman–Crippen MR) is 61.1 cm³/mol. The number of halogens is 1. The summed E-state index contributed by atoms with van der Waals surface area (Å²) in [5, 5.41) is 9.59. The Morgan fingerprint density at radius 3 is 2.56 bits per heavy atom. The maximum atomic E-state index is 13.7. The molecule has 0 unspecified atom stereocenters. The number of anilines is 1. The minimum Gasteiger partial charge on any atom is -0.386 e. The largest absolute Gasteiger partial charge is 0.386 e. The third-order valence-corrected chi connectivity index (χ3v) is 2.87. The first kappa shape index (κ1) is 11.3. The number of hydrogen-bond acceptors (Lipinski definition) is 3. The van der Waals surface area contributed by atoms with Crippen LogP contribution in [0.1, 0.15) is 32.3 Å². The van der Waals surface area contributed by atoms with Crippen LogP contribution in [0.25, 0.3) is 0 Å². The molecule has 0 radical (unpaired) electrons. The third-order valence-electron chi connectivity index (χ3n) is 2.87. The van der Waals surface area contributed by atoms with E-state index in [0.29, 0.717) is 18.9 Å². The highest BCUT2D eigenvalue weighted by atomic mass is 19.1. The summed E-state index contributed by atoms with van der Waals surface area (Å²) in [4.78, 5) is 5.88. The van der Waals surface area contributed by atoms with Crippen molar-refractivity contribution in [1.82, 2.24) is 4.98 Å². The smallest absolute Gasteiger partial charge is 0.165 e. The van der Waals surface area contributed by atoms with Gasteiger partial charge in [0.1, 0.15) is 0 Å². The molecular weight excluding hydrogens is 207 g/mol. The van der Waals surface area contributed by atoms with E-state index < -0.39 is 5.60 Å². The van der Waals surface area contributed by atoms with Crippen molar-refractivity contribution in [3.8, 4) is 0 Å². The van der Waals surface area contributed by atoms with Crippen molar-refractivity contribution < 1.29 is 9.50 Å². The van der Waals surface area contributed by atoms with Gasteiger partial charge in [0.15, 0.2) is 11.6 Å². The van der Waals surface area contributed by atoms with E-state index in [0.717, 1.165) is 5.56 Å². The number of aliphatic hydroxyl groups is 1. The first-order valence-electron chi connectivity index (χ1n) is 5.52. The summed E-state index contributed by atoms with van der Waals surface area (Å²) in [5.74, 6) is 0.313. The van der Waals surface area contributed by atoms with Gasteiger partial charge in [-0.1, -0.05) is 13.8 Å². The Morgan fingerprint density at radius 2 is 2.12 bits per heavy atom. The summed E-state index contributed by atoms with van der Waals surface area (Å²) in [6, 6.07) is 1.53. The zero-order valence-electron chi connectivity index (χ0n) is 9.87. The minimum absolute atomic E-state index is 0.274. The zero-order chi connectivity index (χ0) is 11.9. The molecule has 1 saturated heterocycles. The molecule has 2 rings (SSSR count). The van der Waals surface area contributed by atoms with Gasteiger partial charge in [0.2, 0.25) is 0 Å². The Hall–Kier alpha value is -1.16. The monoisotopic (exact) mass is 224 g/mol. The molecule has 2 heterocycles. The van der Waals surface area contributed by atoms with Crippen LogP contribution in [0.15, 0.2) is 12.3 Å². The van der Waals surface area contributed by atoms with Crippen molar-refractivity contribution in [2.24, 2.45) is 0 Å². The van der Waals surface area contributed by atoms with Crippen LogP contribution in [0.2, 0.25) is 0 Å². The van der Waals surface area contributed by atoms with Crippen LogP contribution >= 0.6 is 0 Å². The van der Waals surface area contributed by atoms with Crippen molar-refractivity contribution in [3.63, 3.8) is 0 Å². The van der Waals surface area contributed by atoms with Crippen molar-refractivity contribution in [2.75, 3.05) is 18.0 Å². The van der Waals surface area contributed by atoms with Crippen molar-refractivity contribution in [3.05, 3.63) is 23.6 Å². The lowest BCUT2D eigenvalue weighted by Gasteiger charge is -2.44. The molecule has 1 aromatic heterocycles. The molecule has 1 fully saturated rings. The van der Waals surface area contributed by atoms with Crippen LogP contribution in [0.3, 0.4) is 0 Å². The van der Waals surface area contributed by atoms with Gasteiger partial charge in [-0.05, 0) is 24.5 Å². The van der Waals surface area contributed by atoms with Gasteiger partial charge in [0, 0.05) is 19.3 Å². The molecule has 0 amide bonds. The average molecular weight is 224 g/mol. The fraction of sp³-hybridized carbons (Fsp3) is 0.583. The molecule has 1 aliphatic heterocycles. The Balaban J connectivity index is 2.18. The van der Waals surface area contributed by atoms with E-state index >= 15 is 0 Å². The topological polar surface area (TPSA) is 36.4 Å². The van der Waals surface area contributed by atoms with Gasteiger partial charge in [-0.2, -0.15) is 0 Å². The average Bonchev–Trinajstić information content (AvgIpc) is 2.13. The van der Waals surface area contributed by atoms with Crippen LogP contribution in [0, 0.1) is 5.82 Å². The highest BCUT2D eigenvalue weighted by molar-refractivity contribution is 5.46. The Morgan fingerprint density at radius 1 is 1.50 bits per heavy atom. The highest BCUT2D eigenvalue weighted by Gasteiger charge is 2.38. The van der Waals surface area contributed by atoms with Crippen LogP contribution in [-0.4, -0.2) is 28.8 Å². The lowest BCUT2D eigenvalue weighted by molar-refractivity contribution is 0.0301. The maximum Gasteiger partial charge on any atom is 0.165 e. The molecule has 16 heavy (non-hydrogen) atoms. The second-order valence-corrected chi connectivity index (χ2v) is 5.08. The fourth-order valence-electron chi connectivity index (χ4n) is 1.92. The molecule has 1 aromatic rings. The first-order valence-corrected chi connectivity index (χ1v) is 5.52. The summed E-state index contributed by atoms with van der Waals surface area (Å²) >= 11 is 0. The van der Waals surface area contributed by atoms with Gasteiger partial charge in [0.25, 0.3) is 0 Å². The molecule has 0 saturated carbocycles. The van der Waals surface area contributed by atoms with E-state index in [2.05, 4.69) is 4.98 Å². The first-order chi connectivity index (χ1) is 7.39. The van der Waals surface area contributed by atoms with Gasteiger partial charge < -0.3 is 10.0 Å². The second kappa shape index (κ2) is 3.70. The molecule has 0 spiro atoms. The Bertz CT molecular complexity index is 396. The molecule has 1 N–H and O–H groups in total. The van der Waals surface area contributed by atoms with Gasteiger partial charge in [0.05, 0.1) is 5.60 Å². The highest BCUT2D eigenvalue weighted by Crippen LogP contribution is 2.28. The maximum absolute atomic E-state index is 13.7. The molecule has 0 aromatic carbocycles. The van der Waals surface area contributed by atoms with Gasteiger partial charge in [-0.3, -0.25) is 0 Å². The second-order valence-electron chi connectivity index (χ2n) is 5.08. The number of rotatable bonds is 2. The van der Waals surface area contributed by atoms with Crippen LogP contribution in [0.5, 0.6) is 0 Å². The van der Waals surface area contributed by atoms with E-state index in [1.165, 1.54) is 6.07 Å². The normalized spacial score (nSPS) is 18.8. The van der Waals surface area contributed by atoms with E-state index in [1.807, 2.05) is 13.8 Å². The summed E-state index contributed by atoms with van der Waals surface area (Å²) < 4.78 is 13.7. The quantitative estimate of drug-likeness (QED) is 0.833. The number of pyridine rings is 1. The van der Waals surface area contributed by atoms with Crippen LogP contribution in [-0.2, 0) is 0 Å². The molecule has 0 bridgehead atoms. The molecule has 4 heteroatoms. The summed E-state index contributed by atoms with van der Waals surface area (Å²) in [7, 11) is 0. The molecule has 0 atom stereocenters. The van der Waals surface area contributed by atoms with Crippen molar-refractivity contribution in [1.29, 1.82) is 0 Å².